The van der Waals surface area contributed by atoms with Gasteiger partial charge in [0.1, 0.15) is 12.4 Å². The van der Waals surface area contributed by atoms with Crippen LogP contribution in [0.4, 0.5) is 0 Å². The Bertz CT molecular complexity index is 887. The normalized spacial score (nSPS) is 10.0. The molecule has 0 amide bonds. The van der Waals surface area contributed by atoms with Crippen LogP contribution in [0.15, 0.2) is 66.7 Å². The number of aromatic carboxylic acids is 1. The van der Waals surface area contributed by atoms with Crippen molar-refractivity contribution in [2.45, 2.75) is 13.0 Å². The quantitative estimate of drug-likeness (QED) is 0.580. The standard InChI is InChI=1S/C20H16ClNO3.Na/c21-16-9-10-19(25-13-14-5-2-1-3-6-14)15(11-16)12-17-7-4-8-18(22-17)20(23)24;/h1-11H,12-13H2,(H,23,24);/q;+1/p-1. The Morgan fingerprint density at radius 2 is 1.81 bits per heavy atom. The van der Waals surface area contributed by atoms with Gasteiger partial charge in [-0.3, -0.25) is 4.98 Å². The summed E-state index contributed by atoms with van der Waals surface area (Å²) in [6.45, 7) is 0.433. The van der Waals surface area contributed by atoms with Crippen molar-refractivity contribution in [3.05, 3.63) is 94.3 Å². The maximum atomic E-state index is 11.0. The summed E-state index contributed by atoms with van der Waals surface area (Å²) in [4.78, 5) is 15.1. The average molecular weight is 376 g/mol. The van der Waals surface area contributed by atoms with Crippen molar-refractivity contribution >= 4 is 17.6 Å². The molecule has 2 aromatic carbocycles. The summed E-state index contributed by atoms with van der Waals surface area (Å²) in [6.07, 6.45) is 0.409. The van der Waals surface area contributed by atoms with E-state index in [4.69, 9.17) is 16.3 Å². The number of rotatable bonds is 6. The largest absolute Gasteiger partial charge is 1.00 e. The molecule has 0 radical (unpaired) electrons. The van der Waals surface area contributed by atoms with Crippen LogP contribution in [0.5, 0.6) is 5.75 Å². The first-order valence-electron chi connectivity index (χ1n) is 7.74. The maximum absolute atomic E-state index is 11.0. The predicted octanol–water partition coefficient (Wildman–Crippen LogP) is 0.272. The molecule has 0 bridgehead atoms. The van der Waals surface area contributed by atoms with E-state index in [0.717, 1.165) is 11.1 Å². The molecule has 0 unspecified atom stereocenters. The summed E-state index contributed by atoms with van der Waals surface area (Å²) < 4.78 is 5.91. The van der Waals surface area contributed by atoms with Crippen molar-refractivity contribution in [3.8, 4) is 5.75 Å². The summed E-state index contributed by atoms with van der Waals surface area (Å²) in [5.41, 5.74) is 2.41. The molecule has 1 heterocycles. The minimum absolute atomic E-state index is 0. The molecule has 26 heavy (non-hydrogen) atoms. The average Bonchev–Trinajstić information content (AvgIpc) is 2.62. The van der Waals surface area contributed by atoms with Gasteiger partial charge in [-0.15, -0.1) is 0 Å². The van der Waals surface area contributed by atoms with E-state index in [1.807, 2.05) is 36.4 Å². The third kappa shape index (κ3) is 5.58. The van der Waals surface area contributed by atoms with Gasteiger partial charge in [0.25, 0.3) is 0 Å². The fourth-order valence-electron chi connectivity index (χ4n) is 2.45. The number of pyridine rings is 1. The zero-order valence-corrected chi connectivity index (χ0v) is 17.1. The Hall–Kier alpha value is -1.85. The van der Waals surface area contributed by atoms with Gasteiger partial charge in [0, 0.05) is 22.7 Å². The Labute approximate surface area is 179 Å². The smallest absolute Gasteiger partial charge is 0.543 e. The molecule has 4 nitrogen and oxygen atoms in total. The molecule has 0 aliphatic carbocycles. The molecule has 3 aromatic rings. The number of aromatic nitrogens is 1. The number of halogens is 1. The van der Waals surface area contributed by atoms with Gasteiger partial charge in [0.2, 0.25) is 0 Å². The second-order valence-electron chi connectivity index (χ2n) is 5.50. The third-order valence-corrected chi connectivity index (χ3v) is 3.88. The van der Waals surface area contributed by atoms with E-state index in [-0.39, 0.29) is 35.3 Å². The van der Waals surface area contributed by atoms with Gasteiger partial charge in [-0.25, -0.2) is 0 Å². The SMILES string of the molecule is O=C([O-])c1cccc(Cc2cc(Cl)ccc2OCc2ccccc2)n1.[Na+]. The van der Waals surface area contributed by atoms with Crippen LogP contribution < -0.4 is 39.4 Å². The second kappa shape index (κ2) is 9.74. The minimum atomic E-state index is -1.30. The van der Waals surface area contributed by atoms with Crippen LogP contribution in [0.1, 0.15) is 27.3 Å². The molecule has 0 spiro atoms. The van der Waals surface area contributed by atoms with Gasteiger partial charge in [-0.2, -0.15) is 0 Å². The van der Waals surface area contributed by atoms with Crippen molar-refractivity contribution in [1.82, 2.24) is 4.98 Å². The van der Waals surface area contributed by atoms with E-state index < -0.39 is 5.97 Å². The number of carboxylic acid groups (broad SMARTS) is 1. The summed E-state index contributed by atoms with van der Waals surface area (Å²) in [5.74, 6) is -0.609. The molecule has 0 aliphatic rings. The first-order chi connectivity index (χ1) is 12.1. The molecule has 126 valence electrons. The maximum Gasteiger partial charge on any atom is 1.00 e. The first-order valence-corrected chi connectivity index (χ1v) is 8.12. The number of hydrogen-bond donors (Lipinski definition) is 0. The molecule has 6 heteroatoms. The number of benzene rings is 2. The number of nitrogens with zero attached hydrogens (tertiary/aromatic N) is 1. The Kier molecular flexibility index (Phi) is 7.66. The number of hydrogen-bond acceptors (Lipinski definition) is 4. The van der Waals surface area contributed by atoms with Crippen LogP contribution in [0.2, 0.25) is 5.02 Å². The Morgan fingerprint density at radius 3 is 2.54 bits per heavy atom. The molecule has 0 atom stereocenters. The van der Waals surface area contributed by atoms with E-state index in [1.54, 1.807) is 24.3 Å². The van der Waals surface area contributed by atoms with Crippen LogP contribution >= 0.6 is 11.6 Å². The summed E-state index contributed by atoms with van der Waals surface area (Å²) in [7, 11) is 0. The van der Waals surface area contributed by atoms with Crippen molar-refractivity contribution in [2.75, 3.05) is 0 Å². The molecule has 0 aliphatic heterocycles. The number of carbonyl (C=O) groups excluding carboxylic acids is 1. The van der Waals surface area contributed by atoms with Gasteiger partial charge < -0.3 is 14.6 Å². The fraction of sp³-hybridized carbons (Fsp3) is 0.100. The first kappa shape index (κ1) is 20.5. The zero-order valence-electron chi connectivity index (χ0n) is 14.3. The molecular formula is C20H15ClNNaO3. The van der Waals surface area contributed by atoms with Gasteiger partial charge in [0.15, 0.2) is 0 Å². The predicted molar refractivity (Wildman–Crippen MR) is 93.6 cm³/mol. The van der Waals surface area contributed by atoms with Crippen molar-refractivity contribution in [2.24, 2.45) is 0 Å². The van der Waals surface area contributed by atoms with E-state index >= 15 is 0 Å². The summed E-state index contributed by atoms with van der Waals surface area (Å²) in [5, 5.41) is 11.5. The molecular weight excluding hydrogens is 361 g/mol. The molecule has 0 fully saturated rings. The van der Waals surface area contributed by atoms with Gasteiger partial charge >= 0.3 is 29.6 Å². The van der Waals surface area contributed by atoms with Gasteiger partial charge in [0.05, 0.1) is 11.7 Å². The Morgan fingerprint density at radius 1 is 1.04 bits per heavy atom. The molecule has 0 N–H and O–H groups in total. The second-order valence-corrected chi connectivity index (χ2v) is 5.94. The minimum Gasteiger partial charge on any atom is -0.543 e. The van der Waals surface area contributed by atoms with Gasteiger partial charge in [-0.1, -0.05) is 48.0 Å². The Balaban J connectivity index is 0.00000243. The summed E-state index contributed by atoms with van der Waals surface area (Å²) in [6, 6.07) is 20.0. The van der Waals surface area contributed by atoms with Crippen LogP contribution in [0.25, 0.3) is 0 Å². The molecule has 0 saturated carbocycles. The van der Waals surface area contributed by atoms with E-state index in [9.17, 15) is 9.90 Å². The molecule has 0 saturated heterocycles. The third-order valence-electron chi connectivity index (χ3n) is 3.65. The van der Waals surface area contributed by atoms with Gasteiger partial charge in [-0.05, 0) is 35.9 Å². The van der Waals surface area contributed by atoms with E-state index in [0.29, 0.717) is 29.5 Å². The molecule has 1 aromatic heterocycles. The van der Waals surface area contributed by atoms with Crippen LogP contribution in [0.3, 0.4) is 0 Å². The van der Waals surface area contributed by atoms with Crippen molar-refractivity contribution < 1.29 is 44.2 Å². The van der Waals surface area contributed by atoms with E-state index in [2.05, 4.69) is 4.98 Å². The van der Waals surface area contributed by atoms with Crippen molar-refractivity contribution in [3.63, 3.8) is 0 Å². The topological polar surface area (TPSA) is 62.2 Å². The molecule has 3 rings (SSSR count). The summed E-state index contributed by atoms with van der Waals surface area (Å²) >= 11 is 6.10. The van der Waals surface area contributed by atoms with Crippen molar-refractivity contribution in [1.29, 1.82) is 0 Å². The number of ether oxygens (including phenoxy) is 1. The number of carbonyl (C=O) groups is 1. The fourth-order valence-corrected chi connectivity index (χ4v) is 2.64. The monoisotopic (exact) mass is 375 g/mol. The van der Waals surface area contributed by atoms with Crippen LogP contribution in [-0.4, -0.2) is 11.0 Å². The zero-order chi connectivity index (χ0) is 17.6. The van der Waals surface area contributed by atoms with Crippen LogP contribution in [0, 0.1) is 0 Å². The van der Waals surface area contributed by atoms with Crippen LogP contribution in [-0.2, 0) is 13.0 Å². The number of carboxylic acids is 1. The van der Waals surface area contributed by atoms with E-state index in [1.165, 1.54) is 6.07 Å².